The lowest BCUT2D eigenvalue weighted by Crippen LogP contribution is -2.17. The van der Waals surface area contributed by atoms with Gasteiger partial charge in [0.15, 0.2) is 0 Å². The van der Waals surface area contributed by atoms with Crippen LogP contribution in [0.4, 0.5) is 5.82 Å². The maximum Gasteiger partial charge on any atom is 0.347 e. The maximum atomic E-state index is 11.2. The van der Waals surface area contributed by atoms with Crippen LogP contribution in [-0.4, -0.2) is 16.0 Å². The Kier molecular flexibility index (Phi) is 2.25. The molecule has 0 aliphatic rings. The Morgan fingerprint density at radius 1 is 1.57 bits per heavy atom. The lowest BCUT2D eigenvalue weighted by Gasteiger charge is -2.09. The number of aromatic nitrogens is 2. The molecular formula is C9H11N3OS. The molecule has 0 aromatic carbocycles. The molecule has 0 saturated carbocycles. The summed E-state index contributed by atoms with van der Waals surface area (Å²) in [6.07, 6.45) is 0. The van der Waals surface area contributed by atoms with Gasteiger partial charge in [0.05, 0.1) is 5.39 Å². The third-order valence-corrected chi connectivity index (χ3v) is 2.59. The van der Waals surface area contributed by atoms with Gasteiger partial charge in [-0.25, -0.2) is 4.79 Å². The number of rotatable bonds is 2. The smallest absolute Gasteiger partial charge is 0.347 e. The molecule has 0 saturated heterocycles. The first-order valence-corrected chi connectivity index (χ1v) is 5.29. The third-order valence-electron chi connectivity index (χ3n) is 1.78. The van der Waals surface area contributed by atoms with Crippen LogP contribution in [0.2, 0.25) is 0 Å². The summed E-state index contributed by atoms with van der Waals surface area (Å²) >= 11 is 1.47. The second kappa shape index (κ2) is 3.42. The minimum Gasteiger partial charge on any atom is -0.369 e. The van der Waals surface area contributed by atoms with Crippen molar-refractivity contribution in [3.63, 3.8) is 0 Å². The second-order valence-electron chi connectivity index (χ2n) is 3.36. The van der Waals surface area contributed by atoms with Crippen molar-refractivity contribution in [2.45, 2.75) is 19.9 Å². The van der Waals surface area contributed by atoms with Crippen LogP contribution in [0.5, 0.6) is 0 Å². The van der Waals surface area contributed by atoms with Crippen molar-refractivity contribution < 1.29 is 0 Å². The largest absolute Gasteiger partial charge is 0.369 e. The molecule has 4 nitrogen and oxygen atoms in total. The van der Waals surface area contributed by atoms with Gasteiger partial charge in [0, 0.05) is 6.04 Å². The zero-order valence-electron chi connectivity index (χ0n) is 8.00. The van der Waals surface area contributed by atoms with E-state index in [1.807, 2.05) is 25.3 Å². The fourth-order valence-electron chi connectivity index (χ4n) is 1.28. The Balaban J connectivity index is 2.61. The zero-order chi connectivity index (χ0) is 10.1. The van der Waals surface area contributed by atoms with Crippen LogP contribution < -0.4 is 11.0 Å². The van der Waals surface area contributed by atoms with E-state index in [0.717, 1.165) is 16.0 Å². The van der Waals surface area contributed by atoms with Crippen molar-refractivity contribution >= 4 is 27.4 Å². The molecule has 0 fully saturated rings. The lowest BCUT2D eigenvalue weighted by molar-refractivity contribution is 0.887. The number of anilines is 1. The molecule has 2 aromatic rings. The molecule has 2 heterocycles. The number of aromatic amines is 1. The van der Waals surface area contributed by atoms with Crippen LogP contribution in [0.25, 0.3) is 10.2 Å². The van der Waals surface area contributed by atoms with E-state index in [4.69, 9.17) is 0 Å². The highest BCUT2D eigenvalue weighted by Crippen LogP contribution is 2.22. The van der Waals surface area contributed by atoms with Gasteiger partial charge >= 0.3 is 5.69 Å². The van der Waals surface area contributed by atoms with E-state index in [-0.39, 0.29) is 11.7 Å². The highest BCUT2D eigenvalue weighted by atomic mass is 32.1. The molecule has 2 aromatic heterocycles. The molecule has 0 bridgehead atoms. The molecule has 2 rings (SSSR count). The summed E-state index contributed by atoms with van der Waals surface area (Å²) in [7, 11) is 0. The number of nitrogens with zero attached hydrogens (tertiary/aromatic N) is 1. The van der Waals surface area contributed by atoms with Gasteiger partial charge < -0.3 is 5.32 Å². The van der Waals surface area contributed by atoms with Gasteiger partial charge in [0.25, 0.3) is 0 Å². The quantitative estimate of drug-likeness (QED) is 0.793. The van der Waals surface area contributed by atoms with Crippen LogP contribution >= 0.6 is 11.3 Å². The van der Waals surface area contributed by atoms with Crippen LogP contribution in [-0.2, 0) is 0 Å². The van der Waals surface area contributed by atoms with Gasteiger partial charge in [-0.15, -0.1) is 11.3 Å². The van der Waals surface area contributed by atoms with Gasteiger partial charge in [-0.1, -0.05) is 0 Å². The highest BCUT2D eigenvalue weighted by Gasteiger charge is 2.05. The Morgan fingerprint density at radius 3 is 3.07 bits per heavy atom. The normalized spacial score (nSPS) is 11.1. The average molecular weight is 209 g/mol. The summed E-state index contributed by atoms with van der Waals surface area (Å²) in [5, 5.41) is 6.09. The Morgan fingerprint density at radius 2 is 2.36 bits per heavy atom. The van der Waals surface area contributed by atoms with Crippen molar-refractivity contribution in [2.75, 3.05) is 5.32 Å². The van der Waals surface area contributed by atoms with Gasteiger partial charge in [-0.05, 0) is 25.3 Å². The first-order valence-electron chi connectivity index (χ1n) is 4.41. The summed E-state index contributed by atoms with van der Waals surface area (Å²) in [5.74, 6) is 0.760. The van der Waals surface area contributed by atoms with E-state index in [1.165, 1.54) is 11.3 Å². The van der Waals surface area contributed by atoms with Gasteiger partial charge in [-0.3, -0.25) is 4.98 Å². The summed E-state index contributed by atoms with van der Waals surface area (Å²) in [6.45, 7) is 4.05. The van der Waals surface area contributed by atoms with Gasteiger partial charge in [-0.2, -0.15) is 4.98 Å². The third kappa shape index (κ3) is 1.63. The minimum atomic E-state index is -0.303. The second-order valence-corrected chi connectivity index (χ2v) is 4.25. The van der Waals surface area contributed by atoms with Gasteiger partial charge in [0.2, 0.25) is 0 Å². The lowest BCUT2D eigenvalue weighted by atomic mass is 10.3. The molecular weight excluding hydrogens is 198 g/mol. The number of nitrogens with one attached hydrogen (secondary N) is 2. The molecule has 0 aliphatic heterocycles. The fraction of sp³-hybridized carbons (Fsp3) is 0.333. The van der Waals surface area contributed by atoms with Crippen LogP contribution in [0.15, 0.2) is 16.2 Å². The van der Waals surface area contributed by atoms with Crippen molar-refractivity contribution in [2.24, 2.45) is 0 Å². The van der Waals surface area contributed by atoms with Crippen molar-refractivity contribution in [3.8, 4) is 0 Å². The summed E-state index contributed by atoms with van der Waals surface area (Å²) in [5.41, 5.74) is -0.303. The zero-order valence-corrected chi connectivity index (χ0v) is 8.81. The Labute approximate surface area is 85.0 Å². The molecule has 2 N–H and O–H groups in total. The molecule has 0 amide bonds. The van der Waals surface area contributed by atoms with E-state index >= 15 is 0 Å². The van der Waals surface area contributed by atoms with E-state index < -0.39 is 0 Å². The number of thiophene rings is 1. The topological polar surface area (TPSA) is 57.8 Å². The monoisotopic (exact) mass is 209 g/mol. The minimum absolute atomic E-state index is 0.288. The van der Waals surface area contributed by atoms with E-state index in [2.05, 4.69) is 15.3 Å². The van der Waals surface area contributed by atoms with E-state index in [1.54, 1.807) is 0 Å². The Hall–Kier alpha value is -1.36. The molecule has 0 atom stereocenters. The average Bonchev–Trinajstić information content (AvgIpc) is 2.50. The SMILES string of the molecule is CC(C)Nc1[nH]c(=O)nc2sccc12. The van der Waals surface area contributed by atoms with Crippen LogP contribution in [0.3, 0.4) is 0 Å². The molecule has 0 spiro atoms. The summed E-state index contributed by atoms with van der Waals surface area (Å²) in [6, 6.07) is 2.24. The highest BCUT2D eigenvalue weighted by molar-refractivity contribution is 7.16. The molecule has 0 aliphatic carbocycles. The Bertz CT molecular complexity index is 500. The van der Waals surface area contributed by atoms with Gasteiger partial charge in [0.1, 0.15) is 10.6 Å². The van der Waals surface area contributed by atoms with Crippen molar-refractivity contribution in [3.05, 3.63) is 21.9 Å². The number of hydrogen-bond donors (Lipinski definition) is 2. The predicted molar refractivity (Wildman–Crippen MR) is 59.0 cm³/mol. The predicted octanol–water partition coefficient (Wildman–Crippen LogP) is 1.80. The number of H-pyrrole nitrogens is 1. The first kappa shape index (κ1) is 9.21. The van der Waals surface area contributed by atoms with E-state index in [9.17, 15) is 4.79 Å². The standard InChI is InChI=1S/C9H11N3OS/c1-5(2)10-7-6-3-4-14-8(6)12-9(13)11-7/h3-5H,1-2H3,(H2,10,11,12,13). The molecule has 74 valence electrons. The molecule has 14 heavy (non-hydrogen) atoms. The molecule has 0 unspecified atom stereocenters. The maximum absolute atomic E-state index is 11.2. The van der Waals surface area contributed by atoms with Crippen molar-refractivity contribution in [1.29, 1.82) is 0 Å². The molecule has 5 heteroatoms. The number of hydrogen-bond acceptors (Lipinski definition) is 4. The fourth-order valence-corrected chi connectivity index (χ4v) is 2.04. The van der Waals surface area contributed by atoms with Crippen LogP contribution in [0.1, 0.15) is 13.8 Å². The summed E-state index contributed by atoms with van der Waals surface area (Å²) < 4.78 is 0. The first-order chi connectivity index (χ1) is 6.66. The molecule has 0 radical (unpaired) electrons. The van der Waals surface area contributed by atoms with E-state index in [0.29, 0.717) is 0 Å². The van der Waals surface area contributed by atoms with Crippen molar-refractivity contribution in [1.82, 2.24) is 9.97 Å². The number of fused-ring (bicyclic) bond motifs is 1. The van der Waals surface area contributed by atoms with Crippen LogP contribution in [0, 0.1) is 0 Å². The summed E-state index contributed by atoms with van der Waals surface area (Å²) in [4.78, 5) is 18.5.